The number of hydrogen-bond acceptors (Lipinski definition) is 5. The Balaban J connectivity index is 1.86. The molecule has 2 atom stereocenters. The SMILES string of the molecule is CC1(C)C=C2Nc3ccc4ncccc4c3C(c3ccccc3[N+](=O)[O-])C2C(=O)C1. The second kappa shape index (κ2) is 6.49. The number of rotatable bonds is 2. The standard InChI is InChI=1S/C24H21N3O3/c1-24(2)12-18-23(20(28)13-24)22(15-6-3-4-8-19(15)27(29)30)21-14-7-5-11-25-16(14)9-10-17(21)26-18/h3-12,22-23,26H,13H2,1-2H3. The first-order valence-corrected chi connectivity index (χ1v) is 9.99. The van der Waals surface area contributed by atoms with Crippen LogP contribution in [-0.2, 0) is 4.79 Å². The minimum Gasteiger partial charge on any atom is -0.358 e. The third kappa shape index (κ3) is 2.79. The highest BCUT2D eigenvalue weighted by atomic mass is 16.6. The van der Waals surface area contributed by atoms with Gasteiger partial charge in [0.15, 0.2) is 0 Å². The molecule has 2 aromatic carbocycles. The molecule has 0 spiro atoms. The first kappa shape index (κ1) is 18.5. The number of fused-ring (bicyclic) bond motifs is 4. The van der Waals surface area contributed by atoms with Crippen LogP contribution in [0.25, 0.3) is 10.9 Å². The molecule has 1 aliphatic heterocycles. The van der Waals surface area contributed by atoms with Crippen LogP contribution in [0.2, 0.25) is 0 Å². The van der Waals surface area contributed by atoms with Crippen LogP contribution in [0.1, 0.15) is 37.3 Å². The van der Waals surface area contributed by atoms with Gasteiger partial charge in [0, 0.05) is 46.9 Å². The number of hydrogen-bond donors (Lipinski definition) is 1. The van der Waals surface area contributed by atoms with E-state index in [0.29, 0.717) is 12.0 Å². The maximum absolute atomic E-state index is 13.4. The molecule has 0 saturated heterocycles. The van der Waals surface area contributed by atoms with Gasteiger partial charge in [0.2, 0.25) is 0 Å². The molecule has 0 fully saturated rings. The quantitative estimate of drug-likeness (QED) is 0.473. The number of ketones is 1. The second-order valence-corrected chi connectivity index (χ2v) is 8.72. The normalized spacial score (nSPS) is 21.9. The number of para-hydroxylation sites is 1. The van der Waals surface area contributed by atoms with Crippen molar-refractivity contribution in [2.45, 2.75) is 26.2 Å². The molecular weight excluding hydrogens is 378 g/mol. The topological polar surface area (TPSA) is 85.1 Å². The molecule has 30 heavy (non-hydrogen) atoms. The van der Waals surface area contributed by atoms with Gasteiger partial charge in [0.25, 0.3) is 5.69 Å². The molecule has 2 heterocycles. The fourth-order valence-corrected chi connectivity index (χ4v) is 4.97. The van der Waals surface area contributed by atoms with E-state index >= 15 is 0 Å². The Hall–Kier alpha value is -3.54. The lowest BCUT2D eigenvalue weighted by Crippen LogP contribution is -2.39. The van der Waals surface area contributed by atoms with Crippen LogP contribution in [0.15, 0.2) is 66.5 Å². The predicted molar refractivity (Wildman–Crippen MR) is 115 cm³/mol. The highest BCUT2D eigenvalue weighted by Crippen LogP contribution is 2.52. The van der Waals surface area contributed by atoms with Crippen LogP contribution in [0.3, 0.4) is 0 Å². The van der Waals surface area contributed by atoms with Crippen LogP contribution in [-0.4, -0.2) is 15.7 Å². The second-order valence-electron chi connectivity index (χ2n) is 8.72. The predicted octanol–water partition coefficient (Wildman–Crippen LogP) is 5.20. The minimum atomic E-state index is -0.488. The molecule has 1 N–H and O–H groups in total. The lowest BCUT2D eigenvalue weighted by Gasteiger charge is -2.41. The summed E-state index contributed by atoms with van der Waals surface area (Å²) in [5.74, 6) is -0.845. The molecule has 1 aromatic heterocycles. The van der Waals surface area contributed by atoms with Gasteiger partial charge < -0.3 is 5.32 Å². The summed E-state index contributed by atoms with van der Waals surface area (Å²) in [5, 5.41) is 16.2. The minimum absolute atomic E-state index is 0.0354. The molecular formula is C24H21N3O3. The smallest absolute Gasteiger partial charge is 0.273 e. The van der Waals surface area contributed by atoms with Crippen molar-refractivity contribution in [2.75, 3.05) is 5.32 Å². The number of pyridine rings is 1. The van der Waals surface area contributed by atoms with E-state index in [1.54, 1.807) is 24.4 Å². The molecule has 6 nitrogen and oxygen atoms in total. The average molecular weight is 399 g/mol. The van der Waals surface area contributed by atoms with E-state index in [4.69, 9.17) is 0 Å². The van der Waals surface area contributed by atoms with E-state index < -0.39 is 11.8 Å². The van der Waals surface area contributed by atoms with Crippen molar-refractivity contribution < 1.29 is 9.72 Å². The van der Waals surface area contributed by atoms with E-state index in [1.807, 2.05) is 38.1 Å². The van der Waals surface area contributed by atoms with Gasteiger partial charge in [-0.1, -0.05) is 44.2 Å². The number of aromatic nitrogens is 1. The number of anilines is 1. The monoisotopic (exact) mass is 399 g/mol. The van der Waals surface area contributed by atoms with Gasteiger partial charge in [-0.05, 0) is 29.2 Å². The zero-order valence-electron chi connectivity index (χ0n) is 16.8. The van der Waals surface area contributed by atoms with Gasteiger partial charge in [-0.2, -0.15) is 0 Å². The number of nitrogens with zero attached hydrogens (tertiary/aromatic N) is 2. The summed E-state index contributed by atoms with van der Waals surface area (Å²) in [4.78, 5) is 29.4. The molecule has 0 saturated carbocycles. The molecule has 6 heteroatoms. The van der Waals surface area contributed by atoms with Gasteiger partial charge in [-0.15, -0.1) is 0 Å². The number of carbonyl (C=O) groups is 1. The number of nitrogens with one attached hydrogen (secondary N) is 1. The van der Waals surface area contributed by atoms with Gasteiger partial charge in [0.05, 0.1) is 16.4 Å². The molecule has 0 bridgehead atoms. The zero-order chi connectivity index (χ0) is 21.0. The lowest BCUT2D eigenvalue weighted by molar-refractivity contribution is -0.385. The van der Waals surface area contributed by atoms with Gasteiger partial charge >= 0.3 is 0 Å². The molecule has 2 unspecified atom stereocenters. The maximum atomic E-state index is 13.4. The molecule has 0 amide bonds. The zero-order valence-corrected chi connectivity index (χ0v) is 16.8. The summed E-state index contributed by atoms with van der Waals surface area (Å²) in [7, 11) is 0. The number of allylic oxidation sites excluding steroid dienone is 2. The summed E-state index contributed by atoms with van der Waals surface area (Å²) in [5.41, 5.74) is 3.72. The highest BCUT2D eigenvalue weighted by molar-refractivity contribution is 5.96. The first-order chi connectivity index (χ1) is 14.4. The number of nitro groups is 1. The summed E-state index contributed by atoms with van der Waals surface area (Å²) in [6, 6.07) is 14.5. The number of carbonyl (C=O) groups excluding carboxylic acids is 1. The fraction of sp³-hybridized carbons (Fsp3) is 0.250. The first-order valence-electron chi connectivity index (χ1n) is 9.99. The van der Waals surface area contributed by atoms with E-state index in [2.05, 4.69) is 16.4 Å². The van der Waals surface area contributed by atoms with Crippen molar-refractivity contribution in [3.05, 3.63) is 87.7 Å². The van der Waals surface area contributed by atoms with Crippen molar-refractivity contribution in [3.8, 4) is 0 Å². The van der Waals surface area contributed by atoms with Crippen molar-refractivity contribution in [3.63, 3.8) is 0 Å². The van der Waals surface area contributed by atoms with Crippen LogP contribution in [0, 0.1) is 21.4 Å². The Labute approximate surface area is 173 Å². The Morgan fingerprint density at radius 3 is 2.70 bits per heavy atom. The Morgan fingerprint density at radius 2 is 1.90 bits per heavy atom. The van der Waals surface area contributed by atoms with Gasteiger partial charge in [-0.3, -0.25) is 19.9 Å². The number of benzene rings is 2. The van der Waals surface area contributed by atoms with Crippen LogP contribution < -0.4 is 5.32 Å². The van der Waals surface area contributed by atoms with Crippen LogP contribution in [0.4, 0.5) is 11.4 Å². The fourth-order valence-electron chi connectivity index (χ4n) is 4.97. The van der Waals surface area contributed by atoms with Crippen molar-refractivity contribution in [1.82, 2.24) is 4.98 Å². The number of Topliss-reactive ketones (excluding diaryl/α,β-unsaturated/α-hetero) is 1. The van der Waals surface area contributed by atoms with Crippen molar-refractivity contribution in [2.24, 2.45) is 11.3 Å². The molecule has 2 aliphatic rings. The summed E-state index contributed by atoms with van der Waals surface area (Å²) >= 11 is 0. The molecule has 150 valence electrons. The Morgan fingerprint density at radius 1 is 1.10 bits per heavy atom. The molecule has 0 radical (unpaired) electrons. The summed E-state index contributed by atoms with van der Waals surface area (Å²) in [6.45, 7) is 4.07. The summed E-state index contributed by atoms with van der Waals surface area (Å²) < 4.78 is 0. The third-order valence-electron chi connectivity index (χ3n) is 6.08. The van der Waals surface area contributed by atoms with E-state index in [-0.39, 0.29) is 21.8 Å². The largest absolute Gasteiger partial charge is 0.358 e. The molecule has 5 rings (SSSR count). The van der Waals surface area contributed by atoms with Crippen molar-refractivity contribution in [1.29, 1.82) is 0 Å². The highest BCUT2D eigenvalue weighted by Gasteiger charge is 2.46. The lowest BCUT2D eigenvalue weighted by atomic mass is 9.66. The van der Waals surface area contributed by atoms with E-state index in [9.17, 15) is 14.9 Å². The van der Waals surface area contributed by atoms with E-state index in [0.717, 1.165) is 27.9 Å². The van der Waals surface area contributed by atoms with Crippen LogP contribution in [0.5, 0.6) is 0 Å². The molecule has 3 aromatic rings. The van der Waals surface area contributed by atoms with Gasteiger partial charge in [0.1, 0.15) is 5.78 Å². The van der Waals surface area contributed by atoms with E-state index in [1.165, 1.54) is 6.07 Å². The maximum Gasteiger partial charge on any atom is 0.273 e. The third-order valence-corrected chi connectivity index (χ3v) is 6.08. The number of nitro benzene ring substituents is 1. The Bertz CT molecular complexity index is 1250. The Kier molecular flexibility index (Phi) is 4.00. The summed E-state index contributed by atoms with van der Waals surface area (Å²) in [6.07, 6.45) is 4.24. The van der Waals surface area contributed by atoms with Crippen LogP contribution >= 0.6 is 0 Å². The average Bonchev–Trinajstić information content (AvgIpc) is 2.71. The van der Waals surface area contributed by atoms with Crippen molar-refractivity contribution >= 4 is 28.1 Å². The van der Waals surface area contributed by atoms with Gasteiger partial charge in [-0.25, -0.2) is 0 Å². The molecule has 1 aliphatic carbocycles.